The van der Waals surface area contributed by atoms with Crippen molar-refractivity contribution in [2.75, 3.05) is 18.5 Å². The van der Waals surface area contributed by atoms with Crippen molar-refractivity contribution >= 4 is 29.4 Å². The minimum atomic E-state index is -1.13. The van der Waals surface area contributed by atoms with Crippen LogP contribution in [0.2, 0.25) is 0 Å². The summed E-state index contributed by atoms with van der Waals surface area (Å²) in [6.45, 7) is 1.88. The van der Waals surface area contributed by atoms with Crippen LogP contribution in [0.15, 0.2) is 66.7 Å². The number of hydrogen-bond acceptors (Lipinski definition) is 6. The molecule has 5 atom stereocenters. The molecule has 2 aromatic carbocycles. The highest BCUT2D eigenvalue weighted by molar-refractivity contribution is 6.09. The van der Waals surface area contributed by atoms with Crippen LogP contribution in [0.5, 0.6) is 5.75 Å². The van der Waals surface area contributed by atoms with Crippen molar-refractivity contribution in [2.45, 2.75) is 25.8 Å². The highest BCUT2D eigenvalue weighted by atomic mass is 16.5. The van der Waals surface area contributed by atoms with Crippen molar-refractivity contribution in [3.63, 3.8) is 0 Å². The van der Waals surface area contributed by atoms with Gasteiger partial charge in [0.05, 0.1) is 18.4 Å². The van der Waals surface area contributed by atoms with Crippen molar-refractivity contribution in [3.8, 4) is 5.75 Å². The highest BCUT2D eigenvalue weighted by Crippen LogP contribution is 2.53. The van der Waals surface area contributed by atoms with Crippen molar-refractivity contribution < 1.29 is 28.7 Å². The van der Waals surface area contributed by atoms with Gasteiger partial charge >= 0.3 is 5.97 Å². The average Bonchev–Trinajstić information content (AvgIpc) is 3.57. The van der Waals surface area contributed by atoms with E-state index in [1.165, 1.54) is 0 Å². The number of anilines is 1. The Morgan fingerprint density at radius 2 is 1.61 bits per heavy atom. The lowest BCUT2D eigenvalue weighted by Crippen LogP contribution is -2.48. The van der Waals surface area contributed by atoms with Gasteiger partial charge in [0.1, 0.15) is 11.8 Å². The third-order valence-electron chi connectivity index (χ3n) is 7.15. The SMILES string of the molecule is CCOc1ccc(NC(=O)COC(=O)[C@@H](Cc2ccccc2)N2C(=O)[C@@H]3[C@H](C2=O)[C@H]2C=C[C@H]3C2)cc1. The van der Waals surface area contributed by atoms with Gasteiger partial charge in [-0.05, 0) is 55.0 Å². The lowest BCUT2D eigenvalue weighted by atomic mass is 9.85. The van der Waals surface area contributed by atoms with Crippen LogP contribution >= 0.6 is 0 Å². The second-order valence-electron chi connectivity index (χ2n) is 9.37. The van der Waals surface area contributed by atoms with Gasteiger partial charge in [0.15, 0.2) is 6.61 Å². The van der Waals surface area contributed by atoms with Crippen LogP contribution in [0.1, 0.15) is 18.9 Å². The molecular weight excluding hydrogens is 460 g/mol. The first-order chi connectivity index (χ1) is 17.5. The summed E-state index contributed by atoms with van der Waals surface area (Å²) in [5.74, 6) is -2.02. The number of benzene rings is 2. The van der Waals surface area contributed by atoms with Crippen LogP contribution < -0.4 is 10.1 Å². The van der Waals surface area contributed by atoms with Gasteiger partial charge < -0.3 is 14.8 Å². The average molecular weight is 489 g/mol. The molecule has 0 aromatic heterocycles. The van der Waals surface area contributed by atoms with E-state index >= 15 is 0 Å². The van der Waals surface area contributed by atoms with Gasteiger partial charge in [-0.2, -0.15) is 0 Å². The van der Waals surface area contributed by atoms with Crippen LogP contribution in [-0.2, 0) is 30.3 Å². The summed E-state index contributed by atoms with van der Waals surface area (Å²) in [7, 11) is 0. The minimum Gasteiger partial charge on any atom is -0.494 e. The molecular formula is C28H28N2O6. The molecule has 1 heterocycles. The number of hydrogen-bond donors (Lipinski definition) is 1. The predicted octanol–water partition coefficient (Wildman–Crippen LogP) is 2.99. The summed E-state index contributed by atoms with van der Waals surface area (Å²) in [6, 6.07) is 14.9. The Morgan fingerprint density at radius 3 is 2.22 bits per heavy atom. The normalized spacial score (nSPS) is 24.5. The number of nitrogens with zero attached hydrogens (tertiary/aromatic N) is 1. The molecule has 8 nitrogen and oxygen atoms in total. The summed E-state index contributed by atoms with van der Waals surface area (Å²) in [5, 5.41) is 2.67. The second-order valence-corrected chi connectivity index (χ2v) is 9.37. The molecule has 186 valence electrons. The van der Waals surface area contributed by atoms with Gasteiger partial charge in [0, 0.05) is 12.1 Å². The zero-order chi connectivity index (χ0) is 25.2. The Labute approximate surface area is 209 Å². The second kappa shape index (κ2) is 9.97. The van der Waals surface area contributed by atoms with Crippen molar-refractivity contribution in [3.05, 3.63) is 72.3 Å². The Kier molecular flexibility index (Phi) is 6.59. The minimum absolute atomic E-state index is 0.0368. The molecule has 5 rings (SSSR count). The van der Waals surface area contributed by atoms with Crippen LogP contribution in [0.25, 0.3) is 0 Å². The van der Waals surface area contributed by atoms with E-state index in [0.717, 1.165) is 16.9 Å². The van der Waals surface area contributed by atoms with E-state index in [1.807, 2.05) is 49.4 Å². The zero-order valence-electron chi connectivity index (χ0n) is 20.0. The summed E-state index contributed by atoms with van der Waals surface area (Å²) in [6.07, 6.45) is 4.95. The van der Waals surface area contributed by atoms with E-state index in [9.17, 15) is 19.2 Å². The van der Waals surface area contributed by atoms with Crippen molar-refractivity contribution in [1.82, 2.24) is 4.90 Å². The number of nitrogens with one attached hydrogen (secondary N) is 1. The smallest absolute Gasteiger partial charge is 0.330 e. The quantitative estimate of drug-likeness (QED) is 0.331. The van der Waals surface area contributed by atoms with E-state index in [-0.39, 0.29) is 30.1 Å². The molecule has 2 aliphatic carbocycles. The molecule has 1 saturated heterocycles. The molecule has 2 fully saturated rings. The maximum absolute atomic E-state index is 13.4. The van der Waals surface area contributed by atoms with Crippen molar-refractivity contribution in [1.29, 1.82) is 0 Å². The third-order valence-corrected chi connectivity index (χ3v) is 7.15. The third kappa shape index (κ3) is 4.51. The highest BCUT2D eigenvalue weighted by Gasteiger charge is 2.61. The summed E-state index contributed by atoms with van der Waals surface area (Å²) in [4.78, 5) is 53.5. The molecule has 3 aliphatic rings. The number of ether oxygens (including phenoxy) is 2. The monoisotopic (exact) mass is 488 g/mol. The number of allylic oxidation sites excluding steroid dienone is 2. The van der Waals surface area contributed by atoms with E-state index in [0.29, 0.717) is 18.0 Å². The largest absolute Gasteiger partial charge is 0.494 e. The summed E-state index contributed by atoms with van der Waals surface area (Å²) >= 11 is 0. The number of rotatable bonds is 9. The fourth-order valence-electron chi connectivity index (χ4n) is 5.58. The van der Waals surface area contributed by atoms with E-state index < -0.39 is 36.4 Å². The van der Waals surface area contributed by atoms with Gasteiger partial charge in [0.2, 0.25) is 11.8 Å². The molecule has 36 heavy (non-hydrogen) atoms. The molecule has 1 aliphatic heterocycles. The van der Waals surface area contributed by atoms with E-state index in [4.69, 9.17) is 9.47 Å². The maximum atomic E-state index is 13.4. The predicted molar refractivity (Wildman–Crippen MR) is 131 cm³/mol. The molecule has 1 saturated carbocycles. The number of fused-ring (bicyclic) bond motifs is 5. The fourth-order valence-corrected chi connectivity index (χ4v) is 5.58. The molecule has 0 spiro atoms. The van der Waals surface area contributed by atoms with Crippen LogP contribution in [0, 0.1) is 23.7 Å². The molecule has 8 heteroatoms. The Balaban J connectivity index is 1.28. The van der Waals surface area contributed by atoms with Gasteiger partial charge in [-0.25, -0.2) is 4.79 Å². The number of amides is 3. The Bertz CT molecular complexity index is 1160. The van der Waals surface area contributed by atoms with Gasteiger partial charge in [-0.3, -0.25) is 19.3 Å². The molecule has 2 bridgehead atoms. The number of likely N-dealkylation sites (tertiary alicyclic amines) is 1. The molecule has 0 radical (unpaired) electrons. The lowest BCUT2D eigenvalue weighted by Gasteiger charge is -2.26. The Morgan fingerprint density at radius 1 is 0.972 bits per heavy atom. The number of imide groups is 1. The molecule has 2 aromatic rings. The van der Waals surface area contributed by atoms with E-state index in [2.05, 4.69) is 5.32 Å². The lowest BCUT2D eigenvalue weighted by molar-refractivity contribution is -0.160. The zero-order valence-corrected chi connectivity index (χ0v) is 20.0. The molecule has 0 unspecified atom stereocenters. The fraction of sp³-hybridized carbons (Fsp3) is 0.357. The van der Waals surface area contributed by atoms with Crippen LogP contribution in [0.3, 0.4) is 0 Å². The molecule has 3 amide bonds. The number of esters is 1. The van der Waals surface area contributed by atoms with E-state index in [1.54, 1.807) is 24.3 Å². The van der Waals surface area contributed by atoms with Gasteiger partial charge in [-0.15, -0.1) is 0 Å². The Hall–Kier alpha value is -3.94. The maximum Gasteiger partial charge on any atom is 0.330 e. The first kappa shape index (κ1) is 23.8. The summed E-state index contributed by atoms with van der Waals surface area (Å²) in [5.41, 5.74) is 1.32. The topological polar surface area (TPSA) is 102 Å². The van der Waals surface area contributed by atoms with Gasteiger partial charge in [-0.1, -0.05) is 42.5 Å². The van der Waals surface area contributed by atoms with Crippen LogP contribution in [-0.4, -0.2) is 47.8 Å². The number of carbonyl (C=O) groups excluding carboxylic acids is 4. The standard InChI is InChI=1S/C28H28N2O6/c1-2-35-21-12-10-20(11-13-21)29-23(31)16-36-28(34)22(14-17-6-4-3-5-7-17)30-26(32)24-18-8-9-19(15-18)25(24)27(30)33/h3-13,18-19,22,24-25H,2,14-16H2,1H3,(H,29,31)/t18-,19-,22+,24-,25+/m0/s1. The summed E-state index contributed by atoms with van der Waals surface area (Å²) < 4.78 is 10.7. The first-order valence-corrected chi connectivity index (χ1v) is 12.2. The first-order valence-electron chi connectivity index (χ1n) is 12.2. The van der Waals surface area contributed by atoms with Gasteiger partial charge in [0.25, 0.3) is 5.91 Å². The molecule has 1 N–H and O–H groups in total. The van der Waals surface area contributed by atoms with Crippen molar-refractivity contribution in [2.24, 2.45) is 23.7 Å². The number of carbonyl (C=O) groups is 4. The van der Waals surface area contributed by atoms with Crippen LogP contribution in [0.4, 0.5) is 5.69 Å².